The Hall–Kier alpha value is -1.35. The average Bonchev–Trinajstić information content (AvgIpc) is 2.15. The minimum absolute atomic E-state index is 0.0200. The van der Waals surface area contributed by atoms with Crippen LogP contribution >= 0.6 is 0 Å². The van der Waals surface area contributed by atoms with Crippen LogP contribution in [0.15, 0.2) is 18.3 Å². The number of aromatic carboxylic acids is 1. The van der Waals surface area contributed by atoms with E-state index in [1.54, 1.807) is 0 Å². The Bertz CT molecular complexity index is 366. The average molecular weight is 256 g/mol. The standard InChI is InChI=1S/C8H7AsNO4/c11-6(12)4-9-7-5(8(13)14)2-1-3-10-7/h1-3H,4H2,(H,11,12)(H,13,14). The van der Waals surface area contributed by atoms with Gasteiger partial charge in [-0.3, -0.25) is 0 Å². The number of carboxylic acid groups (broad SMARTS) is 2. The van der Waals surface area contributed by atoms with Gasteiger partial charge in [0.25, 0.3) is 0 Å². The predicted octanol–water partition coefficient (Wildman–Crippen LogP) is -0.388. The van der Waals surface area contributed by atoms with Crippen molar-refractivity contribution in [3.8, 4) is 0 Å². The fraction of sp³-hybridized carbons (Fsp3) is 0.125. The van der Waals surface area contributed by atoms with Gasteiger partial charge in [0.2, 0.25) is 0 Å². The van der Waals surface area contributed by atoms with Crippen LogP contribution in [0.4, 0.5) is 0 Å². The van der Waals surface area contributed by atoms with Crippen LogP contribution in [-0.2, 0) is 4.79 Å². The molecule has 6 heteroatoms. The van der Waals surface area contributed by atoms with E-state index in [1.165, 1.54) is 18.3 Å². The fourth-order valence-electron chi connectivity index (χ4n) is 0.832. The van der Waals surface area contributed by atoms with Crippen LogP contribution in [0.25, 0.3) is 0 Å². The van der Waals surface area contributed by atoms with Crippen molar-refractivity contribution in [1.82, 2.24) is 4.98 Å². The van der Waals surface area contributed by atoms with Gasteiger partial charge in [-0.15, -0.1) is 0 Å². The Kier molecular flexibility index (Phi) is 3.65. The second kappa shape index (κ2) is 4.77. The number of nitrogens with zero attached hydrogens (tertiary/aromatic N) is 1. The van der Waals surface area contributed by atoms with Gasteiger partial charge in [-0.25, -0.2) is 0 Å². The van der Waals surface area contributed by atoms with Gasteiger partial charge >= 0.3 is 86.1 Å². The quantitative estimate of drug-likeness (QED) is 0.716. The van der Waals surface area contributed by atoms with Crippen LogP contribution in [0, 0.1) is 0 Å². The second-order valence-corrected chi connectivity index (χ2v) is 4.61. The number of hydrogen-bond donors (Lipinski definition) is 2. The Morgan fingerprint density at radius 3 is 2.71 bits per heavy atom. The van der Waals surface area contributed by atoms with Gasteiger partial charge in [-0.05, 0) is 0 Å². The van der Waals surface area contributed by atoms with Crippen molar-refractivity contribution in [2.24, 2.45) is 0 Å². The Morgan fingerprint density at radius 2 is 2.14 bits per heavy atom. The van der Waals surface area contributed by atoms with E-state index in [2.05, 4.69) is 4.98 Å². The normalized spacial score (nSPS) is 10.6. The number of pyridine rings is 1. The molecule has 0 fully saturated rings. The molecule has 5 nitrogen and oxygen atoms in total. The van der Waals surface area contributed by atoms with Crippen LogP contribution in [0.2, 0.25) is 5.21 Å². The van der Waals surface area contributed by atoms with E-state index in [0.717, 1.165) is 0 Å². The molecule has 0 bridgehead atoms. The first-order chi connectivity index (χ1) is 6.61. The number of carbonyl (C=O) groups is 2. The summed E-state index contributed by atoms with van der Waals surface area (Å²) in [6, 6.07) is 2.96. The Morgan fingerprint density at radius 1 is 1.43 bits per heavy atom. The number of aliphatic carboxylic acids is 1. The minimum atomic E-state index is -1.06. The first-order valence-electron chi connectivity index (χ1n) is 3.69. The maximum absolute atomic E-state index is 10.7. The molecule has 1 aromatic rings. The molecular weight excluding hydrogens is 249 g/mol. The van der Waals surface area contributed by atoms with E-state index in [0.29, 0.717) is 4.48 Å². The molecule has 0 aliphatic rings. The molecule has 1 heterocycles. The molecular formula is C8H7AsNO4. The van der Waals surface area contributed by atoms with Crippen LogP contribution < -0.4 is 4.48 Å². The third-order valence-corrected chi connectivity index (χ3v) is 3.66. The Labute approximate surface area is 86.5 Å². The van der Waals surface area contributed by atoms with Crippen LogP contribution in [-0.4, -0.2) is 42.9 Å². The Balaban J connectivity index is 2.84. The summed E-state index contributed by atoms with van der Waals surface area (Å²) in [6.45, 7) is 0. The zero-order chi connectivity index (χ0) is 10.6. The van der Waals surface area contributed by atoms with Gasteiger partial charge in [-0.2, -0.15) is 0 Å². The van der Waals surface area contributed by atoms with E-state index >= 15 is 0 Å². The van der Waals surface area contributed by atoms with Crippen molar-refractivity contribution in [2.75, 3.05) is 0 Å². The summed E-state index contributed by atoms with van der Waals surface area (Å²) in [6.07, 6.45) is 1.47. The monoisotopic (exact) mass is 256 g/mol. The van der Waals surface area contributed by atoms with Gasteiger partial charge < -0.3 is 0 Å². The van der Waals surface area contributed by atoms with E-state index in [9.17, 15) is 9.59 Å². The molecule has 2 N–H and O–H groups in total. The van der Waals surface area contributed by atoms with Gasteiger partial charge in [0.05, 0.1) is 0 Å². The molecule has 14 heavy (non-hydrogen) atoms. The fourth-order valence-corrected chi connectivity index (χ4v) is 2.46. The van der Waals surface area contributed by atoms with Gasteiger partial charge in [0, 0.05) is 0 Å². The summed E-state index contributed by atoms with van der Waals surface area (Å²) in [5.74, 6) is -1.99. The summed E-state index contributed by atoms with van der Waals surface area (Å²) in [4.78, 5) is 24.9. The zero-order valence-corrected chi connectivity index (χ0v) is 8.92. The zero-order valence-electron chi connectivity index (χ0n) is 7.04. The van der Waals surface area contributed by atoms with Crippen LogP contribution in [0.3, 0.4) is 0 Å². The van der Waals surface area contributed by atoms with Crippen LogP contribution in [0.1, 0.15) is 10.4 Å². The van der Waals surface area contributed by atoms with Crippen molar-refractivity contribution in [3.05, 3.63) is 23.9 Å². The van der Waals surface area contributed by atoms with E-state index < -0.39 is 27.7 Å². The molecule has 0 aromatic carbocycles. The SMILES string of the molecule is O=C(O)C[As]c1ncccc1C(=O)O. The first-order valence-corrected chi connectivity index (χ1v) is 5.95. The van der Waals surface area contributed by atoms with E-state index in [-0.39, 0.29) is 10.8 Å². The molecule has 0 spiro atoms. The predicted molar refractivity (Wildman–Crippen MR) is 49.0 cm³/mol. The van der Waals surface area contributed by atoms with Gasteiger partial charge in [-0.1, -0.05) is 0 Å². The van der Waals surface area contributed by atoms with E-state index in [1.807, 2.05) is 0 Å². The molecule has 0 unspecified atom stereocenters. The third kappa shape index (κ3) is 2.85. The summed E-state index contributed by atoms with van der Waals surface area (Å²) >= 11 is -0.713. The molecule has 1 radical (unpaired) electrons. The number of carboxylic acids is 2. The molecule has 1 rings (SSSR count). The molecule has 0 saturated heterocycles. The summed E-state index contributed by atoms with van der Waals surface area (Å²) in [5.41, 5.74) is 0.105. The van der Waals surface area contributed by atoms with Gasteiger partial charge in [0.1, 0.15) is 0 Å². The van der Waals surface area contributed by atoms with Gasteiger partial charge in [0.15, 0.2) is 0 Å². The van der Waals surface area contributed by atoms with Crippen molar-refractivity contribution < 1.29 is 19.8 Å². The number of hydrogen-bond acceptors (Lipinski definition) is 3. The van der Waals surface area contributed by atoms with Crippen molar-refractivity contribution in [2.45, 2.75) is 5.21 Å². The second-order valence-electron chi connectivity index (χ2n) is 2.39. The van der Waals surface area contributed by atoms with Crippen LogP contribution in [0.5, 0.6) is 0 Å². The topological polar surface area (TPSA) is 87.5 Å². The first kappa shape index (κ1) is 10.7. The maximum atomic E-state index is 10.7. The van der Waals surface area contributed by atoms with Crippen molar-refractivity contribution >= 4 is 32.2 Å². The molecule has 0 amide bonds. The molecule has 0 atom stereocenters. The molecule has 0 saturated carbocycles. The summed E-state index contributed by atoms with van der Waals surface area (Å²) < 4.78 is 0.402. The van der Waals surface area contributed by atoms with Crippen molar-refractivity contribution in [3.63, 3.8) is 0 Å². The number of rotatable bonds is 4. The molecule has 0 aliphatic heterocycles. The molecule has 73 valence electrons. The van der Waals surface area contributed by atoms with E-state index in [4.69, 9.17) is 10.2 Å². The molecule has 0 aliphatic carbocycles. The third-order valence-electron chi connectivity index (χ3n) is 1.38. The summed E-state index contributed by atoms with van der Waals surface area (Å²) in [7, 11) is 0. The number of aromatic nitrogens is 1. The van der Waals surface area contributed by atoms with Crippen molar-refractivity contribution in [1.29, 1.82) is 0 Å². The summed E-state index contributed by atoms with van der Waals surface area (Å²) in [5, 5.41) is 17.2. The molecule has 1 aromatic heterocycles.